The van der Waals surface area contributed by atoms with Crippen LogP contribution in [-0.2, 0) is 19.1 Å². The number of halogens is 1. The largest absolute Gasteiger partial charge is 0.466 e. The number of hydrazone groups is 1. The number of ether oxygens (including phenoxy) is 2. The molecule has 0 bridgehead atoms. The number of hydrogen-bond donors (Lipinski definition) is 1. The first-order valence-electron chi connectivity index (χ1n) is 10.6. The standard InChI is InChI=1S/C11H21ClN2O2.C11H22N2O2/c1-9(15)16-8-6-7-11(5,12)14-13-10(2,3)4;1-9(12-13-11(3,4)5)7-6-8-15-10(2)14/h6-8H2,1-5H3;13H,6-8H2,1-5H3/b14-13+;12-9+. The Hall–Kier alpha value is -1.70. The van der Waals surface area contributed by atoms with Gasteiger partial charge in [-0.3, -0.25) is 9.59 Å². The maximum absolute atomic E-state index is 10.5. The van der Waals surface area contributed by atoms with Crippen LogP contribution in [0.2, 0.25) is 0 Å². The molecule has 8 nitrogen and oxygen atoms in total. The Morgan fingerprint density at radius 3 is 1.74 bits per heavy atom. The van der Waals surface area contributed by atoms with Crippen molar-refractivity contribution in [2.24, 2.45) is 15.3 Å². The molecule has 1 unspecified atom stereocenters. The molecule has 0 heterocycles. The summed E-state index contributed by atoms with van der Waals surface area (Å²) in [4.78, 5) is 20.3. The number of carbonyl (C=O) groups excluding carboxylic acids is 2. The average Bonchev–Trinajstić information content (AvgIpc) is 2.58. The molecule has 0 saturated carbocycles. The van der Waals surface area contributed by atoms with Crippen LogP contribution in [0, 0.1) is 0 Å². The van der Waals surface area contributed by atoms with Crippen LogP contribution in [0.4, 0.5) is 0 Å². The van der Waals surface area contributed by atoms with Crippen molar-refractivity contribution in [1.29, 1.82) is 0 Å². The zero-order valence-corrected chi connectivity index (χ0v) is 21.9. The number of hydrogen-bond acceptors (Lipinski definition) is 8. The lowest BCUT2D eigenvalue weighted by atomic mass is 10.1. The molecular formula is C22H43ClN4O4. The first-order valence-corrected chi connectivity index (χ1v) is 11.0. The maximum Gasteiger partial charge on any atom is 0.302 e. The van der Waals surface area contributed by atoms with E-state index in [9.17, 15) is 9.59 Å². The highest BCUT2D eigenvalue weighted by Crippen LogP contribution is 2.25. The molecule has 0 aromatic rings. The van der Waals surface area contributed by atoms with Crippen LogP contribution in [0.25, 0.3) is 0 Å². The summed E-state index contributed by atoms with van der Waals surface area (Å²) in [5.74, 6) is -0.495. The van der Waals surface area contributed by atoms with Gasteiger partial charge in [0.05, 0.1) is 18.8 Å². The fourth-order valence-electron chi connectivity index (χ4n) is 1.78. The minimum Gasteiger partial charge on any atom is -0.466 e. The van der Waals surface area contributed by atoms with Gasteiger partial charge in [-0.1, -0.05) is 11.6 Å². The van der Waals surface area contributed by atoms with E-state index in [1.807, 2.05) is 27.7 Å². The molecule has 0 saturated heterocycles. The Labute approximate surface area is 193 Å². The SMILES string of the molecule is CC(=O)OCCC/C(C)=N/NC(C)(C)C.CC(=O)OCCCC(C)(Cl)/N=N/C(C)(C)C. The highest BCUT2D eigenvalue weighted by Gasteiger charge is 2.21. The van der Waals surface area contributed by atoms with Gasteiger partial charge in [0.25, 0.3) is 0 Å². The lowest BCUT2D eigenvalue weighted by Gasteiger charge is -2.18. The van der Waals surface area contributed by atoms with Crippen LogP contribution in [0.5, 0.6) is 0 Å². The van der Waals surface area contributed by atoms with Crippen LogP contribution in [0.3, 0.4) is 0 Å². The van der Waals surface area contributed by atoms with Gasteiger partial charge in [-0.25, -0.2) is 0 Å². The van der Waals surface area contributed by atoms with Crippen LogP contribution in [-0.4, -0.2) is 46.9 Å². The number of carbonyl (C=O) groups is 2. The minimum atomic E-state index is -0.715. The zero-order chi connectivity index (χ0) is 24.7. The van der Waals surface area contributed by atoms with E-state index in [4.69, 9.17) is 21.1 Å². The van der Waals surface area contributed by atoms with E-state index < -0.39 is 5.00 Å². The number of nitrogens with one attached hydrogen (secondary N) is 1. The van der Waals surface area contributed by atoms with Crippen molar-refractivity contribution in [3.05, 3.63) is 0 Å². The molecule has 0 aliphatic heterocycles. The Kier molecular flexibility index (Phi) is 15.4. The van der Waals surface area contributed by atoms with Crippen molar-refractivity contribution < 1.29 is 19.1 Å². The quantitative estimate of drug-likeness (QED) is 0.0861. The van der Waals surface area contributed by atoms with Gasteiger partial charge in [0.1, 0.15) is 0 Å². The maximum atomic E-state index is 10.5. The predicted octanol–water partition coefficient (Wildman–Crippen LogP) is 5.63. The summed E-state index contributed by atoms with van der Waals surface area (Å²) in [5, 5.41) is 12.5. The van der Waals surface area contributed by atoms with Gasteiger partial charge in [0.15, 0.2) is 5.00 Å². The molecule has 9 heteroatoms. The normalized spacial score (nSPS) is 14.4. The molecule has 0 aromatic carbocycles. The third kappa shape index (κ3) is 28.3. The van der Waals surface area contributed by atoms with Crippen LogP contribution < -0.4 is 5.43 Å². The van der Waals surface area contributed by atoms with Gasteiger partial charge in [0, 0.05) is 25.1 Å². The number of azo groups is 1. The van der Waals surface area contributed by atoms with Gasteiger partial charge in [0.2, 0.25) is 0 Å². The second-order valence-corrected chi connectivity index (χ2v) is 10.4. The third-order valence-electron chi connectivity index (χ3n) is 3.21. The van der Waals surface area contributed by atoms with Gasteiger partial charge < -0.3 is 14.9 Å². The Morgan fingerprint density at radius 1 is 0.839 bits per heavy atom. The predicted molar refractivity (Wildman–Crippen MR) is 127 cm³/mol. The van der Waals surface area contributed by atoms with Gasteiger partial charge in [-0.15, -0.1) is 0 Å². The lowest BCUT2D eigenvalue weighted by molar-refractivity contribution is -0.142. The van der Waals surface area contributed by atoms with Crippen molar-refractivity contribution in [2.75, 3.05) is 13.2 Å². The summed E-state index contributed by atoms with van der Waals surface area (Å²) >= 11 is 6.16. The molecule has 1 N–H and O–H groups in total. The minimum absolute atomic E-state index is 0.00283. The highest BCUT2D eigenvalue weighted by molar-refractivity contribution is 6.23. The Morgan fingerprint density at radius 2 is 1.32 bits per heavy atom. The molecule has 0 rings (SSSR count). The summed E-state index contributed by atoms with van der Waals surface area (Å²) < 4.78 is 9.64. The molecular weight excluding hydrogens is 420 g/mol. The van der Waals surface area contributed by atoms with Crippen molar-refractivity contribution in [2.45, 2.75) is 111 Å². The van der Waals surface area contributed by atoms with Crippen molar-refractivity contribution in [3.8, 4) is 0 Å². The summed E-state index contributed by atoms with van der Waals surface area (Å²) in [6.07, 6.45) is 2.97. The number of alkyl halides is 1. The fourth-order valence-corrected chi connectivity index (χ4v) is 1.95. The molecule has 0 aromatic heterocycles. The number of rotatable bonds is 10. The van der Waals surface area contributed by atoms with Gasteiger partial charge >= 0.3 is 11.9 Å². The van der Waals surface area contributed by atoms with E-state index >= 15 is 0 Å². The Balaban J connectivity index is 0. The molecule has 31 heavy (non-hydrogen) atoms. The highest BCUT2D eigenvalue weighted by atomic mass is 35.5. The molecule has 0 spiro atoms. The molecule has 0 fully saturated rings. The van der Waals surface area contributed by atoms with Crippen molar-refractivity contribution in [3.63, 3.8) is 0 Å². The van der Waals surface area contributed by atoms with Crippen molar-refractivity contribution in [1.82, 2.24) is 5.43 Å². The smallest absolute Gasteiger partial charge is 0.302 e. The van der Waals surface area contributed by atoms with E-state index in [0.29, 0.717) is 26.1 Å². The molecule has 0 amide bonds. The summed E-state index contributed by atoms with van der Waals surface area (Å²) in [6.45, 7) is 19.5. The monoisotopic (exact) mass is 462 g/mol. The summed E-state index contributed by atoms with van der Waals surface area (Å²) in [7, 11) is 0. The number of nitrogens with zero attached hydrogens (tertiary/aromatic N) is 3. The zero-order valence-electron chi connectivity index (χ0n) is 21.1. The van der Waals surface area contributed by atoms with E-state index in [-0.39, 0.29) is 23.0 Å². The molecule has 0 aliphatic carbocycles. The van der Waals surface area contributed by atoms with Crippen LogP contribution >= 0.6 is 11.6 Å². The summed E-state index contributed by atoms with van der Waals surface area (Å²) in [5.41, 5.74) is 3.86. The fraction of sp³-hybridized carbons (Fsp3) is 0.864. The topological polar surface area (TPSA) is 102 Å². The lowest BCUT2D eigenvalue weighted by Crippen LogP contribution is -2.32. The second kappa shape index (κ2) is 15.2. The van der Waals surface area contributed by atoms with E-state index in [2.05, 4.69) is 41.5 Å². The van der Waals surface area contributed by atoms with Gasteiger partial charge in [-0.2, -0.15) is 15.3 Å². The molecule has 0 radical (unpaired) electrons. The Bertz CT molecular complexity index is 591. The number of esters is 2. The van der Waals surface area contributed by atoms with Crippen molar-refractivity contribution >= 4 is 29.3 Å². The van der Waals surface area contributed by atoms with E-state index in [1.165, 1.54) is 13.8 Å². The van der Waals surface area contributed by atoms with Crippen LogP contribution in [0.1, 0.15) is 94.9 Å². The first kappa shape index (κ1) is 31.5. The molecule has 0 aliphatic rings. The first-order chi connectivity index (χ1) is 13.9. The average molecular weight is 463 g/mol. The van der Waals surface area contributed by atoms with E-state index in [0.717, 1.165) is 18.6 Å². The molecule has 1 atom stereocenters. The second-order valence-electron chi connectivity index (χ2n) is 9.61. The van der Waals surface area contributed by atoms with Crippen LogP contribution in [0.15, 0.2) is 15.3 Å². The molecule has 182 valence electrons. The summed E-state index contributed by atoms with van der Waals surface area (Å²) in [6, 6.07) is 0. The third-order valence-corrected chi connectivity index (χ3v) is 3.48. The van der Waals surface area contributed by atoms with E-state index in [1.54, 1.807) is 6.92 Å². The van der Waals surface area contributed by atoms with Gasteiger partial charge in [-0.05, 0) is 81.1 Å².